The Morgan fingerprint density at radius 2 is 2.30 bits per heavy atom. The molecule has 1 N–H and O–H groups in total. The number of rotatable bonds is 3. The van der Waals surface area contributed by atoms with Crippen molar-refractivity contribution in [2.24, 2.45) is 0 Å². The second-order valence-corrected chi connectivity index (χ2v) is 6.14. The fourth-order valence-electron chi connectivity index (χ4n) is 2.23. The van der Waals surface area contributed by atoms with Crippen molar-refractivity contribution >= 4 is 39.3 Å². The van der Waals surface area contributed by atoms with Crippen molar-refractivity contribution in [3.63, 3.8) is 0 Å². The molecule has 7 heteroatoms. The predicted octanol–water partition coefficient (Wildman–Crippen LogP) is 3.04. The Kier molecular flexibility index (Phi) is 4.49. The molecule has 0 saturated carbocycles. The smallest absolute Gasteiger partial charge is 0.338 e. The summed E-state index contributed by atoms with van der Waals surface area (Å²) in [5.41, 5.74) is 1.11. The minimum Gasteiger partial charge on any atom is -0.466 e. The molecule has 1 aromatic heterocycles. The number of ether oxygens (including phenoxy) is 1. The van der Waals surface area contributed by atoms with Crippen molar-refractivity contribution in [2.75, 3.05) is 13.7 Å². The van der Waals surface area contributed by atoms with Gasteiger partial charge >= 0.3 is 12.0 Å². The maximum atomic E-state index is 12.1. The van der Waals surface area contributed by atoms with Crippen LogP contribution in [0.2, 0.25) is 0 Å². The van der Waals surface area contributed by atoms with Crippen LogP contribution < -0.4 is 5.32 Å². The quantitative estimate of drug-likeness (QED) is 0.844. The maximum absolute atomic E-state index is 12.1. The number of nitrogens with zero attached hydrogens (tertiary/aromatic N) is 1. The standard InChI is InChI=1S/C13H15BrN2O3S/c1-4-16-7(2)10(12(17)19-3)11(15-13(16)18)9-5-8(14)6-20-9/h5-6,11H,4H2,1-3H3,(H,15,18)/t11-/m1/s1. The molecule has 0 aliphatic carbocycles. The second-order valence-electron chi connectivity index (χ2n) is 4.28. The summed E-state index contributed by atoms with van der Waals surface area (Å²) in [6.07, 6.45) is 0. The van der Waals surface area contributed by atoms with Crippen LogP contribution in [0.5, 0.6) is 0 Å². The number of hydrogen-bond donors (Lipinski definition) is 1. The minimum atomic E-state index is -0.464. The summed E-state index contributed by atoms with van der Waals surface area (Å²) in [6.45, 7) is 4.13. The molecule has 1 aliphatic heterocycles. The molecule has 0 aromatic carbocycles. The molecule has 0 bridgehead atoms. The molecule has 0 radical (unpaired) electrons. The molecule has 0 unspecified atom stereocenters. The number of nitrogens with one attached hydrogen (secondary N) is 1. The van der Waals surface area contributed by atoms with E-state index in [-0.39, 0.29) is 6.03 Å². The van der Waals surface area contributed by atoms with Gasteiger partial charge in [0.05, 0.1) is 18.7 Å². The van der Waals surface area contributed by atoms with Crippen molar-refractivity contribution in [2.45, 2.75) is 19.9 Å². The number of methoxy groups -OCH3 is 1. The molecule has 0 spiro atoms. The van der Waals surface area contributed by atoms with E-state index in [2.05, 4.69) is 21.2 Å². The lowest BCUT2D eigenvalue weighted by Crippen LogP contribution is -2.47. The number of urea groups is 1. The average Bonchev–Trinajstić information content (AvgIpc) is 2.84. The van der Waals surface area contributed by atoms with Crippen molar-refractivity contribution in [3.05, 3.63) is 32.1 Å². The monoisotopic (exact) mass is 358 g/mol. The second kappa shape index (κ2) is 5.97. The Hall–Kier alpha value is -1.34. The molecule has 108 valence electrons. The SMILES string of the molecule is CCN1C(=O)N[C@H](c2cc(Br)cs2)C(C(=O)OC)=C1C. The molecule has 0 saturated heterocycles. The van der Waals surface area contributed by atoms with Crippen molar-refractivity contribution < 1.29 is 14.3 Å². The van der Waals surface area contributed by atoms with Gasteiger partial charge in [-0.1, -0.05) is 0 Å². The first-order valence-corrected chi connectivity index (χ1v) is 7.77. The van der Waals surface area contributed by atoms with Gasteiger partial charge in [-0.15, -0.1) is 11.3 Å². The van der Waals surface area contributed by atoms with Gasteiger partial charge < -0.3 is 10.1 Å². The Morgan fingerprint density at radius 1 is 1.60 bits per heavy atom. The minimum absolute atomic E-state index is 0.202. The van der Waals surface area contributed by atoms with Crippen molar-refractivity contribution in [1.82, 2.24) is 10.2 Å². The van der Waals surface area contributed by atoms with E-state index >= 15 is 0 Å². The summed E-state index contributed by atoms with van der Waals surface area (Å²) in [7, 11) is 1.34. The molecule has 2 amide bonds. The molecule has 0 fully saturated rings. The summed E-state index contributed by atoms with van der Waals surface area (Å²) in [5, 5.41) is 4.78. The zero-order chi connectivity index (χ0) is 14.9. The van der Waals surface area contributed by atoms with E-state index in [1.54, 1.807) is 6.92 Å². The lowest BCUT2D eigenvalue weighted by atomic mass is 10.0. The van der Waals surface area contributed by atoms with E-state index < -0.39 is 12.0 Å². The highest BCUT2D eigenvalue weighted by molar-refractivity contribution is 9.10. The Labute approximate surface area is 129 Å². The molecule has 1 aromatic rings. The summed E-state index contributed by atoms with van der Waals surface area (Å²) >= 11 is 4.86. The van der Waals surface area contributed by atoms with Crippen LogP contribution in [-0.2, 0) is 9.53 Å². The first-order chi connectivity index (χ1) is 9.49. The van der Waals surface area contributed by atoms with E-state index in [1.807, 2.05) is 18.4 Å². The largest absolute Gasteiger partial charge is 0.466 e. The van der Waals surface area contributed by atoms with Crippen LogP contribution in [0, 0.1) is 0 Å². The molecule has 2 rings (SSSR count). The maximum Gasteiger partial charge on any atom is 0.338 e. The van der Waals surface area contributed by atoms with Crippen LogP contribution >= 0.6 is 27.3 Å². The van der Waals surface area contributed by atoms with Gasteiger partial charge in [-0.05, 0) is 35.8 Å². The number of carbonyl (C=O) groups excluding carboxylic acids is 2. The van der Waals surface area contributed by atoms with Crippen LogP contribution in [0.3, 0.4) is 0 Å². The Balaban J connectivity index is 2.52. The fraction of sp³-hybridized carbons (Fsp3) is 0.385. The number of amides is 2. The van der Waals surface area contributed by atoms with Gasteiger partial charge in [0, 0.05) is 27.0 Å². The average molecular weight is 359 g/mol. The van der Waals surface area contributed by atoms with Crippen LogP contribution in [0.25, 0.3) is 0 Å². The first kappa shape index (κ1) is 15.1. The van der Waals surface area contributed by atoms with Gasteiger partial charge in [-0.3, -0.25) is 4.90 Å². The third-order valence-electron chi connectivity index (χ3n) is 3.19. The van der Waals surface area contributed by atoms with Crippen LogP contribution in [-0.4, -0.2) is 30.6 Å². The number of esters is 1. The number of halogens is 1. The molecular weight excluding hydrogens is 344 g/mol. The zero-order valence-electron chi connectivity index (χ0n) is 11.4. The number of carbonyl (C=O) groups is 2. The zero-order valence-corrected chi connectivity index (χ0v) is 13.8. The topological polar surface area (TPSA) is 58.6 Å². The van der Waals surface area contributed by atoms with E-state index in [4.69, 9.17) is 4.74 Å². The normalized spacial score (nSPS) is 19.1. The van der Waals surface area contributed by atoms with E-state index in [1.165, 1.54) is 23.3 Å². The Bertz CT molecular complexity index is 582. The lowest BCUT2D eigenvalue weighted by Gasteiger charge is -2.34. The third kappa shape index (κ3) is 2.60. The first-order valence-electron chi connectivity index (χ1n) is 6.10. The third-order valence-corrected chi connectivity index (χ3v) is 4.95. The van der Waals surface area contributed by atoms with Gasteiger partial charge in [-0.2, -0.15) is 0 Å². The van der Waals surface area contributed by atoms with Gasteiger partial charge in [0.15, 0.2) is 0 Å². The van der Waals surface area contributed by atoms with E-state index in [0.29, 0.717) is 17.8 Å². The van der Waals surface area contributed by atoms with Crippen LogP contribution in [0.4, 0.5) is 4.79 Å². The van der Waals surface area contributed by atoms with Gasteiger partial charge in [0.25, 0.3) is 0 Å². The van der Waals surface area contributed by atoms with Gasteiger partial charge in [-0.25, -0.2) is 9.59 Å². The highest BCUT2D eigenvalue weighted by Crippen LogP contribution is 2.35. The molecule has 2 heterocycles. The van der Waals surface area contributed by atoms with Gasteiger partial charge in [0.2, 0.25) is 0 Å². The van der Waals surface area contributed by atoms with Gasteiger partial charge in [0.1, 0.15) is 0 Å². The molecular formula is C13H15BrN2O3S. The lowest BCUT2D eigenvalue weighted by molar-refractivity contribution is -0.136. The Morgan fingerprint density at radius 3 is 2.80 bits per heavy atom. The highest BCUT2D eigenvalue weighted by atomic mass is 79.9. The predicted molar refractivity (Wildman–Crippen MR) is 80.4 cm³/mol. The van der Waals surface area contributed by atoms with Crippen LogP contribution in [0.1, 0.15) is 24.8 Å². The molecule has 1 atom stereocenters. The molecule has 1 aliphatic rings. The van der Waals surface area contributed by atoms with Crippen LogP contribution in [0.15, 0.2) is 27.2 Å². The molecule has 20 heavy (non-hydrogen) atoms. The summed E-state index contributed by atoms with van der Waals surface area (Å²) in [6, 6.07) is 1.23. The molecule has 5 nitrogen and oxygen atoms in total. The van der Waals surface area contributed by atoms with E-state index in [9.17, 15) is 9.59 Å². The highest BCUT2D eigenvalue weighted by Gasteiger charge is 2.36. The number of hydrogen-bond acceptors (Lipinski definition) is 4. The summed E-state index contributed by atoms with van der Waals surface area (Å²) in [4.78, 5) is 26.6. The summed E-state index contributed by atoms with van der Waals surface area (Å²) < 4.78 is 5.79. The summed E-state index contributed by atoms with van der Waals surface area (Å²) in [5.74, 6) is -0.421. The fourth-order valence-corrected chi connectivity index (χ4v) is 3.73. The van der Waals surface area contributed by atoms with Crippen molar-refractivity contribution in [3.8, 4) is 0 Å². The number of thiophene rings is 1. The van der Waals surface area contributed by atoms with Crippen molar-refractivity contribution in [1.29, 1.82) is 0 Å². The van der Waals surface area contributed by atoms with E-state index in [0.717, 1.165) is 9.35 Å². The number of allylic oxidation sites excluding steroid dienone is 1.